The van der Waals surface area contributed by atoms with E-state index in [1.54, 1.807) is 30.1 Å². The molecule has 0 saturated carbocycles. The molecule has 1 fully saturated rings. The van der Waals surface area contributed by atoms with Crippen LogP contribution in [0.2, 0.25) is 5.02 Å². The summed E-state index contributed by atoms with van der Waals surface area (Å²) in [6.07, 6.45) is -0.137. The number of rotatable bonds is 7. The Labute approximate surface area is 244 Å². The first-order chi connectivity index (χ1) is 19.8. The SMILES string of the molecule is COc1ccc(C2C(c3ccc(Cl)cc3)N=C(c3ccc(OC)cc3OC(C)C)N2C(=O)N2CCNC(=O)C2)cc1. The molecule has 10 heteroatoms. The number of nitrogens with zero attached hydrogens (tertiary/aromatic N) is 3. The van der Waals surface area contributed by atoms with Crippen molar-refractivity contribution in [2.75, 3.05) is 33.9 Å². The topological polar surface area (TPSA) is 92.7 Å². The third-order valence-corrected chi connectivity index (χ3v) is 7.29. The zero-order valence-electron chi connectivity index (χ0n) is 23.5. The van der Waals surface area contributed by atoms with Crippen LogP contribution in [0.1, 0.15) is 42.6 Å². The van der Waals surface area contributed by atoms with E-state index in [1.165, 1.54) is 0 Å². The van der Waals surface area contributed by atoms with Crippen LogP contribution in [0.3, 0.4) is 0 Å². The van der Waals surface area contributed by atoms with Crippen LogP contribution >= 0.6 is 11.6 Å². The highest BCUT2D eigenvalue weighted by atomic mass is 35.5. The minimum absolute atomic E-state index is 0.0402. The summed E-state index contributed by atoms with van der Waals surface area (Å²) in [6.45, 7) is 4.59. The Bertz CT molecular complexity index is 1440. The van der Waals surface area contributed by atoms with Crippen LogP contribution in [0.4, 0.5) is 4.79 Å². The fraction of sp³-hybridized carbons (Fsp3) is 0.323. The summed E-state index contributed by atoms with van der Waals surface area (Å²) in [5.41, 5.74) is 2.39. The number of aliphatic imine (C=N–C) groups is 1. The summed E-state index contributed by atoms with van der Waals surface area (Å²) in [5, 5.41) is 3.40. The Morgan fingerprint density at radius 1 is 0.976 bits per heavy atom. The number of benzene rings is 3. The number of hydrogen-bond donors (Lipinski definition) is 1. The van der Waals surface area contributed by atoms with E-state index in [0.717, 1.165) is 11.1 Å². The molecule has 9 nitrogen and oxygen atoms in total. The molecular weight excluding hydrogens is 544 g/mol. The predicted molar refractivity (Wildman–Crippen MR) is 157 cm³/mol. The van der Waals surface area contributed by atoms with Gasteiger partial charge >= 0.3 is 6.03 Å². The molecule has 2 heterocycles. The van der Waals surface area contributed by atoms with Crippen molar-refractivity contribution in [1.29, 1.82) is 0 Å². The van der Waals surface area contributed by atoms with Gasteiger partial charge in [0.2, 0.25) is 5.91 Å². The Hall–Kier alpha value is -4.24. The van der Waals surface area contributed by atoms with Crippen molar-refractivity contribution in [3.63, 3.8) is 0 Å². The molecule has 2 aliphatic heterocycles. The number of halogens is 1. The molecule has 0 spiro atoms. The third-order valence-electron chi connectivity index (χ3n) is 7.04. The molecule has 3 aromatic rings. The fourth-order valence-electron chi connectivity index (χ4n) is 5.12. The normalized spacial score (nSPS) is 18.7. The van der Waals surface area contributed by atoms with Gasteiger partial charge in [-0.1, -0.05) is 35.9 Å². The van der Waals surface area contributed by atoms with Crippen molar-refractivity contribution in [2.24, 2.45) is 4.99 Å². The minimum Gasteiger partial charge on any atom is -0.497 e. The number of hydrogen-bond acceptors (Lipinski definition) is 6. The van der Waals surface area contributed by atoms with E-state index in [9.17, 15) is 9.59 Å². The average Bonchev–Trinajstić information content (AvgIpc) is 3.37. The second-order valence-corrected chi connectivity index (χ2v) is 10.6. The van der Waals surface area contributed by atoms with E-state index in [-0.39, 0.29) is 24.6 Å². The van der Waals surface area contributed by atoms with E-state index in [1.807, 2.05) is 74.5 Å². The molecule has 1 N–H and O–H groups in total. The Morgan fingerprint density at radius 3 is 2.27 bits per heavy atom. The maximum Gasteiger partial charge on any atom is 0.326 e. The van der Waals surface area contributed by atoms with Crippen LogP contribution < -0.4 is 19.5 Å². The van der Waals surface area contributed by atoms with Crippen LogP contribution in [-0.2, 0) is 4.79 Å². The van der Waals surface area contributed by atoms with Crippen molar-refractivity contribution < 1.29 is 23.8 Å². The van der Waals surface area contributed by atoms with Gasteiger partial charge in [0.25, 0.3) is 0 Å². The lowest BCUT2D eigenvalue weighted by Gasteiger charge is -2.36. The number of carbonyl (C=O) groups is 2. The second kappa shape index (κ2) is 12.1. The van der Waals surface area contributed by atoms with E-state index >= 15 is 0 Å². The number of piperazine rings is 1. The molecule has 2 unspecified atom stereocenters. The van der Waals surface area contributed by atoms with Crippen LogP contribution in [0.25, 0.3) is 0 Å². The van der Waals surface area contributed by atoms with E-state index in [0.29, 0.717) is 46.8 Å². The van der Waals surface area contributed by atoms with Crippen LogP contribution in [0, 0.1) is 0 Å². The number of urea groups is 1. The lowest BCUT2D eigenvalue weighted by Crippen LogP contribution is -2.55. The van der Waals surface area contributed by atoms with E-state index in [2.05, 4.69) is 5.32 Å². The summed E-state index contributed by atoms with van der Waals surface area (Å²) >= 11 is 6.23. The smallest absolute Gasteiger partial charge is 0.326 e. The Kier molecular flexibility index (Phi) is 8.35. The van der Waals surface area contributed by atoms with Gasteiger partial charge in [-0.25, -0.2) is 4.79 Å². The molecule has 2 atom stereocenters. The fourth-order valence-corrected chi connectivity index (χ4v) is 5.24. The first-order valence-corrected chi connectivity index (χ1v) is 13.8. The summed E-state index contributed by atoms with van der Waals surface area (Å²) in [7, 11) is 3.20. The molecule has 2 aliphatic rings. The van der Waals surface area contributed by atoms with Crippen LogP contribution in [0.15, 0.2) is 71.7 Å². The van der Waals surface area contributed by atoms with E-state index in [4.69, 9.17) is 30.8 Å². The second-order valence-electron chi connectivity index (χ2n) is 10.1. The highest BCUT2D eigenvalue weighted by molar-refractivity contribution is 6.30. The standard InChI is InChI=1S/C31H33ClN4O5/c1-19(2)41-26-17-24(40-4)13-14-25(26)30-34-28(20-5-9-22(32)10-6-20)29(21-7-11-23(39-3)12-8-21)36(30)31(38)35-16-15-33-27(37)18-35/h5-14,17,19,28-29H,15-16,18H2,1-4H3,(H,33,37). The van der Waals surface area contributed by atoms with Gasteiger partial charge in [0.15, 0.2) is 0 Å². The van der Waals surface area contributed by atoms with Gasteiger partial charge in [-0.3, -0.25) is 14.7 Å². The monoisotopic (exact) mass is 576 g/mol. The number of methoxy groups -OCH3 is 2. The molecule has 5 rings (SSSR count). The van der Waals surface area contributed by atoms with Crippen molar-refractivity contribution in [2.45, 2.75) is 32.0 Å². The molecule has 0 aliphatic carbocycles. The summed E-state index contributed by atoms with van der Waals surface area (Å²) < 4.78 is 17.1. The Balaban J connectivity index is 1.70. The highest BCUT2D eigenvalue weighted by Crippen LogP contribution is 2.46. The number of amides is 3. The van der Waals surface area contributed by atoms with Crippen molar-refractivity contribution in [3.8, 4) is 17.2 Å². The minimum atomic E-state index is -0.524. The van der Waals surface area contributed by atoms with Crippen LogP contribution in [-0.4, -0.2) is 67.5 Å². The number of nitrogens with one attached hydrogen (secondary N) is 1. The zero-order valence-corrected chi connectivity index (χ0v) is 24.2. The number of carbonyl (C=O) groups excluding carboxylic acids is 2. The third kappa shape index (κ3) is 5.95. The van der Waals surface area contributed by atoms with Gasteiger partial charge in [-0.05, 0) is 61.4 Å². The first-order valence-electron chi connectivity index (χ1n) is 13.5. The largest absolute Gasteiger partial charge is 0.497 e. The molecule has 0 aromatic heterocycles. The molecule has 214 valence electrons. The van der Waals surface area contributed by atoms with Crippen molar-refractivity contribution in [1.82, 2.24) is 15.1 Å². The molecular formula is C31H33ClN4O5. The highest BCUT2D eigenvalue weighted by Gasteiger charge is 2.45. The van der Waals surface area contributed by atoms with Crippen LogP contribution in [0.5, 0.6) is 17.2 Å². The maximum atomic E-state index is 14.4. The lowest BCUT2D eigenvalue weighted by atomic mass is 9.93. The van der Waals surface area contributed by atoms with Gasteiger partial charge in [-0.15, -0.1) is 0 Å². The van der Waals surface area contributed by atoms with Gasteiger partial charge < -0.3 is 24.4 Å². The first kappa shape index (κ1) is 28.3. The number of ether oxygens (including phenoxy) is 3. The van der Waals surface area contributed by atoms with E-state index < -0.39 is 12.1 Å². The average molecular weight is 577 g/mol. The number of amidine groups is 1. The maximum absolute atomic E-state index is 14.4. The Morgan fingerprint density at radius 2 is 1.63 bits per heavy atom. The van der Waals surface area contributed by atoms with Crippen molar-refractivity contribution >= 4 is 29.4 Å². The summed E-state index contributed by atoms with van der Waals surface area (Å²) in [4.78, 5) is 35.2. The summed E-state index contributed by atoms with van der Waals surface area (Å²) in [6, 6.07) is 19.3. The molecule has 0 bridgehead atoms. The molecule has 3 aromatic carbocycles. The molecule has 1 saturated heterocycles. The zero-order chi connectivity index (χ0) is 29.1. The van der Waals surface area contributed by atoms with Crippen molar-refractivity contribution in [3.05, 3.63) is 88.4 Å². The van der Waals surface area contributed by atoms with Gasteiger partial charge in [0, 0.05) is 24.2 Å². The van der Waals surface area contributed by atoms with Gasteiger partial charge in [0.1, 0.15) is 35.7 Å². The van der Waals surface area contributed by atoms with Gasteiger partial charge in [0.05, 0.1) is 31.9 Å². The quantitative estimate of drug-likeness (QED) is 0.415. The predicted octanol–water partition coefficient (Wildman–Crippen LogP) is 5.24. The molecule has 41 heavy (non-hydrogen) atoms. The molecule has 0 radical (unpaired) electrons. The summed E-state index contributed by atoms with van der Waals surface area (Å²) in [5.74, 6) is 2.10. The van der Waals surface area contributed by atoms with Gasteiger partial charge in [-0.2, -0.15) is 0 Å². The molecule has 3 amide bonds. The lowest BCUT2D eigenvalue weighted by molar-refractivity contribution is -0.123.